The summed E-state index contributed by atoms with van der Waals surface area (Å²) in [4.78, 5) is 24.0. The number of imide groups is 1. The molecule has 1 aliphatic heterocycles. The van der Waals surface area contributed by atoms with Crippen LogP contribution in [0.4, 0.5) is 0 Å². The summed E-state index contributed by atoms with van der Waals surface area (Å²) in [6, 6.07) is 18.2. The molecule has 1 aliphatic rings. The largest absolute Gasteiger partial charge is 0.288 e. The number of carbonyl (C=O) groups is 2. The van der Waals surface area contributed by atoms with Crippen LogP contribution in [0.5, 0.6) is 0 Å². The Bertz CT molecular complexity index is 967. The first-order valence-corrected chi connectivity index (χ1v) is 7.59. The van der Waals surface area contributed by atoms with E-state index in [4.69, 9.17) is 0 Å². The van der Waals surface area contributed by atoms with Crippen molar-refractivity contribution < 1.29 is 9.59 Å². The molecule has 2 amide bonds. The van der Waals surface area contributed by atoms with Gasteiger partial charge >= 0.3 is 0 Å². The average molecular weight is 301 g/mol. The van der Waals surface area contributed by atoms with Gasteiger partial charge in [0, 0.05) is 0 Å². The summed E-state index contributed by atoms with van der Waals surface area (Å²) < 4.78 is 0. The minimum Gasteiger partial charge on any atom is -0.288 e. The van der Waals surface area contributed by atoms with Crippen LogP contribution in [0.2, 0.25) is 0 Å². The van der Waals surface area contributed by atoms with Gasteiger partial charge in [-0.2, -0.15) is 0 Å². The topological polar surface area (TPSA) is 46.2 Å². The fraction of sp³-hybridized carbons (Fsp3) is 0.100. The van der Waals surface area contributed by atoms with Crippen molar-refractivity contribution in [3.8, 4) is 0 Å². The normalized spacial score (nSPS) is 13.3. The highest BCUT2D eigenvalue weighted by Crippen LogP contribution is 2.27. The molecule has 0 radical (unpaired) electrons. The van der Waals surface area contributed by atoms with Crippen LogP contribution in [-0.2, 0) is 6.42 Å². The van der Waals surface area contributed by atoms with E-state index in [1.165, 1.54) is 10.8 Å². The second kappa shape index (κ2) is 5.06. The summed E-state index contributed by atoms with van der Waals surface area (Å²) in [5.74, 6) is -0.590. The van der Waals surface area contributed by atoms with Crippen molar-refractivity contribution in [2.24, 2.45) is 0 Å². The van der Waals surface area contributed by atoms with E-state index < -0.39 is 0 Å². The Morgan fingerprint density at radius 1 is 0.870 bits per heavy atom. The van der Waals surface area contributed by atoms with Crippen molar-refractivity contribution in [2.45, 2.75) is 13.3 Å². The van der Waals surface area contributed by atoms with Gasteiger partial charge in [-0.1, -0.05) is 54.1 Å². The van der Waals surface area contributed by atoms with E-state index in [0.717, 1.165) is 16.7 Å². The minimum atomic E-state index is -0.298. The van der Waals surface area contributed by atoms with Gasteiger partial charge in [0.25, 0.3) is 11.8 Å². The first-order chi connectivity index (χ1) is 11.1. The highest BCUT2D eigenvalue weighted by molar-refractivity contribution is 6.22. The molecule has 0 bridgehead atoms. The number of rotatable bonds is 2. The summed E-state index contributed by atoms with van der Waals surface area (Å²) in [5.41, 5.74) is 4.06. The van der Waals surface area contributed by atoms with Crippen LogP contribution in [0.1, 0.15) is 37.4 Å². The van der Waals surface area contributed by atoms with Crippen molar-refractivity contribution in [2.75, 3.05) is 0 Å². The van der Waals surface area contributed by atoms with E-state index >= 15 is 0 Å². The summed E-state index contributed by atoms with van der Waals surface area (Å²) in [7, 11) is 0. The highest BCUT2D eigenvalue weighted by atomic mass is 16.2. The zero-order chi connectivity index (χ0) is 16.0. The lowest BCUT2D eigenvalue weighted by Crippen LogP contribution is -2.20. The minimum absolute atomic E-state index is 0.291. The summed E-state index contributed by atoms with van der Waals surface area (Å²) in [5, 5.41) is 4.75. The predicted octanol–water partition coefficient (Wildman–Crippen LogP) is 3.62. The number of nitrogens with one attached hydrogen (secondary N) is 1. The van der Waals surface area contributed by atoms with Crippen molar-refractivity contribution in [1.82, 2.24) is 5.32 Å². The van der Waals surface area contributed by atoms with E-state index in [1.54, 1.807) is 6.07 Å². The van der Waals surface area contributed by atoms with Gasteiger partial charge in [0.2, 0.25) is 0 Å². The van der Waals surface area contributed by atoms with Gasteiger partial charge in [-0.05, 0) is 41.3 Å². The van der Waals surface area contributed by atoms with Gasteiger partial charge < -0.3 is 0 Å². The monoisotopic (exact) mass is 301 g/mol. The Morgan fingerprint density at radius 2 is 1.65 bits per heavy atom. The zero-order valence-electron chi connectivity index (χ0n) is 12.7. The smallest absolute Gasteiger partial charge is 0.259 e. The fourth-order valence-corrected chi connectivity index (χ4v) is 3.33. The maximum absolute atomic E-state index is 12.1. The highest BCUT2D eigenvalue weighted by Gasteiger charge is 2.29. The molecular formula is C20H15NO2. The van der Waals surface area contributed by atoms with Crippen LogP contribution in [0.3, 0.4) is 0 Å². The predicted molar refractivity (Wildman–Crippen MR) is 89.7 cm³/mol. The Morgan fingerprint density at radius 3 is 2.52 bits per heavy atom. The average Bonchev–Trinajstić information content (AvgIpc) is 2.82. The van der Waals surface area contributed by atoms with Crippen LogP contribution >= 0.6 is 0 Å². The Kier molecular flexibility index (Phi) is 3.01. The number of benzene rings is 3. The molecule has 112 valence electrons. The maximum Gasteiger partial charge on any atom is 0.259 e. The molecule has 0 aliphatic carbocycles. The quantitative estimate of drug-likeness (QED) is 0.735. The van der Waals surface area contributed by atoms with Gasteiger partial charge in [-0.15, -0.1) is 0 Å². The van der Waals surface area contributed by atoms with Crippen molar-refractivity contribution >= 4 is 22.6 Å². The molecule has 0 spiro atoms. The lowest BCUT2D eigenvalue weighted by molar-refractivity contribution is 0.0879. The second-order valence-corrected chi connectivity index (χ2v) is 5.94. The van der Waals surface area contributed by atoms with E-state index in [0.29, 0.717) is 17.5 Å². The molecule has 3 nitrogen and oxygen atoms in total. The van der Waals surface area contributed by atoms with Crippen molar-refractivity contribution in [1.29, 1.82) is 0 Å². The van der Waals surface area contributed by atoms with Gasteiger partial charge in [0.05, 0.1) is 11.1 Å². The van der Waals surface area contributed by atoms with Crippen LogP contribution < -0.4 is 5.32 Å². The number of hydrogen-bond acceptors (Lipinski definition) is 2. The molecule has 0 saturated heterocycles. The third-order valence-corrected chi connectivity index (χ3v) is 4.32. The van der Waals surface area contributed by atoms with Crippen LogP contribution in [0.15, 0.2) is 54.6 Å². The lowest BCUT2D eigenvalue weighted by atomic mass is 9.92. The van der Waals surface area contributed by atoms with E-state index in [-0.39, 0.29) is 11.8 Å². The maximum atomic E-state index is 12.1. The van der Waals surface area contributed by atoms with E-state index in [9.17, 15) is 9.59 Å². The van der Waals surface area contributed by atoms with Crippen molar-refractivity contribution in [3.63, 3.8) is 0 Å². The number of hydrogen-bond donors (Lipinski definition) is 1. The molecule has 0 atom stereocenters. The molecule has 1 heterocycles. The van der Waals surface area contributed by atoms with Gasteiger partial charge in [0.1, 0.15) is 0 Å². The Hall–Kier alpha value is -2.94. The van der Waals surface area contributed by atoms with Crippen LogP contribution in [0.25, 0.3) is 10.8 Å². The van der Waals surface area contributed by atoms with Gasteiger partial charge in [-0.3, -0.25) is 14.9 Å². The first-order valence-electron chi connectivity index (χ1n) is 7.59. The first kappa shape index (κ1) is 13.7. The molecule has 3 heteroatoms. The molecular weight excluding hydrogens is 286 g/mol. The van der Waals surface area contributed by atoms with Gasteiger partial charge in [0.15, 0.2) is 0 Å². The number of aryl methyl sites for hydroxylation is 1. The van der Waals surface area contributed by atoms with Crippen LogP contribution in [-0.4, -0.2) is 11.8 Å². The van der Waals surface area contributed by atoms with Crippen LogP contribution in [0, 0.1) is 6.92 Å². The standard InChI is InChI=1S/C20H15NO2/c1-12-9-15(18-17(10-12)19(22)21-20(18)23)11-14-7-4-6-13-5-2-3-8-16(13)14/h2-10H,11H2,1H3,(H,21,22,23). The fourth-order valence-electron chi connectivity index (χ4n) is 3.33. The molecule has 3 aromatic rings. The third-order valence-electron chi connectivity index (χ3n) is 4.32. The molecule has 0 fully saturated rings. The zero-order valence-corrected chi connectivity index (χ0v) is 12.7. The molecule has 4 rings (SSSR count). The van der Waals surface area contributed by atoms with Gasteiger partial charge in [-0.25, -0.2) is 0 Å². The lowest BCUT2D eigenvalue weighted by Gasteiger charge is -2.10. The second-order valence-electron chi connectivity index (χ2n) is 5.94. The summed E-state index contributed by atoms with van der Waals surface area (Å²) >= 11 is 0. The molecule has 23 heavy (non-hydrogen) atoms. The number of amides is 2. The SMILES string of the molecule is Cc1cc(Cc2cccc3ccccc23)c2c(c1)C(=O)NC2=O. The molecule has 1 N–H and O–H groups in total. The number of fused-ring (bicyclic) bond motifs is 2. The molecule has 3 aromatic carbocycles. The number of carbonyl (C=O) groups excluding carboxylic acids is 2. The molecule has 0 aromatic heterocycles. The van der Waals surface area contributed by atoms with Crippen molar-refractivity contribution in [3.05, 3.63) is 82.4 Å². The molecule has 0 unspecified atom stereocenters. The Balaban J connectivity index is 1.88. The third kappa shape index (κ3) is 2.21. The summed E-state index contributed by atoms with van der Waals surface area (Å²) in [6.45, 7) is 1.95. The Labute approximate surface area is 133 Å². The molecule has 0 saturated carbocycles. The van der Waals surface area contributed by atoms with E-state index in [2.05, 4.69) is 29.6 Å². The summed E-state index contributed by atoms with van der Waals surface area (Å²) in [6.07, 6.45) is 0.631. The van der Waals surface area contributed by atoms with E-state index in [1.807, 2.05) is 31.2 Å².